The average Bonchev–Trinajstić information content (AvgIpc) is 2.67. The molecule has 0 aliphatic carbocycles. The molecule has 3 rings (SSSR count). The Kier molecular flexibility index (Phi) is 5.07. The zero-order chi connectivity index (χ0) is 17.8. The number of amides is 2. The Bertz CT molecular complexity index is 767. The number of aromatic nitrogens is 2. The van der Waals surface area contributed by atoms with Crippen molar-refractivity contribution in [1.82, 2.24) is 15.1 Å². The van der Waals surface area contributed by atoms with Crippen LogP contribution in [-0.2, 0) is 0 Å². The molecule has 0 spiro atoms. The molecule has 1 aromatic carbocycles. The first-order chi connectivity index (χ1) is 12.1. The third-order valence-electron chi connectivity index (χ3n) is 4.43. The van der Waals surface area contributed by atoms with E-state index in [1.54, 1.807) is 37.4 Å². The highest BCUT2D eigenvalue weighted by Crippen LogP contribution is 2.17. The van der Waals surface area contributed by atoms with Crippen LogP contribution in [0.1, 0.15) is 45.7 Å². The number of hydrogen-bond donors (Lipinski definition) is 0. The van der Waals surface area contributed by atoms with E-state index in [1.807, 2.05) is 17.9 Å². The van der Waals surface area contributed by atoms with Crippen molar-refractivity contribution < 1.29 is 9.59 Å². The van der Waals surface area contributed by atoms with Crippen LogP contribution in [0.3, 0.4) is 0 Å². The van der Waals surface area contributed by atoms with Crippen molar-refractivity contribution in [2.75, 3.05) is 25.0 Å². The van der Waals surface area contributed by atoms with Crippen molar-refractivity contribution in [1.29, 1.82) is 0 Å². The Morgan fingerprint density at radius 1 is 1.00 bits per heavy atom. The van der Waals surface area contributed by atoms with Gasteiger partial charge in [-0.1, -0.05) is 6.07 Å². The van der Waals surface area contributed by atoms with E-state index in [9.17, 15) is 9.59 Å². The van der Waals surface area contributed by atoms with Crippen molar-refractivity contribution in [2.24, 2.45) is 0 Å². The van der Waals surface area contributed by atoms with Crippen molar-refractivity contribution in [3.8, 4) is 0 Å². The second-order valence-electron chi connectivity index (χ2n) is 6.33. The number of anilines is 1. The minimum atomic E-state index is -0.216. The molecule has 2 heterocycles. The quantitative estimate of drug-likeness (QED) is 0.863. The molecule has 130 valence electrons. The normalized spacial score (nSPS) is 14.2. The van der Waals surface area contributed by atoms with Crippen molar-refractivity contribution >= 4 is 17.6 Å². The summed E-state index contributed by atoms with van der Waals surface area (Å²) in [4.78, 5) is 28.6. The lowest BCUT2D eigenvalue weighted by molar-refractivity contribution is 0.0724. The fourth-order valence-electron chi connectivity index (χ4n) is 2.93. The second-order valence-corrected chi connectivity index (χ2v) is 6.33. The first-order valence-electron chi connectivity index (χ1n) is 8.54. The first kappa shape index (κ1) is 17.1. The molecule has 0 radical (unpaired) electrons. The third-order valence-corrected chi connectivity index (χ3v) is 4.43. The predicted octanol–water partition coefficient (Wildman–Crippen LogP) is 2.69. The van der Waals surface area contributed by atoms with Crippen LogP contribution in [0.25, 0.3) is 0 Å². The Balaban J connectivity index is 1.79. The van der Waals surface area contributed by atoms with E-state index >= 15 is 0 Å². The van der Waals surface area contributed by atoms with Gasteiger partial charge in [0, 0.05) is 31.3 Å². The van der Waals surface area contributed by atoms with Gasteiger partial charge < -0.3 is 4.90 Å². The number of hydrogen-bond acceptors (Lipinski definition) is 4. The molecular weight excluding hydrogens is 316 g/mol. The lowest BCUT2D eigenvalue weighted by atomic mass is 10.1. The Morgan fingerprint density at radius 3 is 2.40 bits per heavy atom. The zero-order valence-corrected chi connectivity index (χ0v) is 14.6. The number of rotatable bonds is 3. The standard InChI is InChI=1S/C19H22N4O2/c1-14-9-10-17(21-20-14)22(2)18(24)15-7-6-8-16(13-15)19(25)23-11-4-3-5-12-23/h6-10,13H,3-5,11-12H2,1-2H3. The molecule has 1 aliphatic rings. The van der Waals surface area contributed by atoms with Gasteiger partial charge in [0.15, 0.2) is 5.82 Å². The molecule has 0 unspecified atom stereocenters. The van der Waals surface area contributed by atoms with Gasteiger partial charge in [0.25, 0.3) is 11.8 Å². The summed E-state index contributed by atoms with van der Waals surface area (Å²) in [6.07, 6.45) is 3.25. The zero-order valence-electron chi connectivity index (χ0n) is 14.6. The molecule has 2 amide bonds. The van der Waals surface area contributed by atoms with Gasteiger partial charge in [-0.15, -0.1) is 5.10 Å². The van der Waals surface area contributed by atoms with E-state index in [2.05, 4.69) is 10.2 Å². The molecule has 6 nitrogen and oxygen atoms in total. The largest absolute Gasteiger partial charge is 0.339 e. The number of nitrogens with zero attached hydrogens (tertiary/aromatic N) is 4. The molecule has 1 aromatic heterocycles. The maximum Gasteiger partial charge on any atom is 0.259 e. The summed E-state index contributed by atoms with van der Waals surface area (Å²) in [7, 11) is 1.65. The van der Waals surface area contributed by atoms with Crippen LogP contribution in [0.2, 0.25) is 0 Å². The lowest BCUT2D eigenvalue weighted by Crippen LogP contribution is -2.35. The number of carbonyl (C=O) groups excluding carboxylic acids is 2. The van der Waals surface area contributed by atoms with Crippen LogP contribution in [0, 0.1) is 6.92 Å². The molecule has 1 aliphatic heterocycles. The number of carbonyl (C=O) groups is 2. The Labute approximate surface area is 147 Å². The van der Waals surface area contributed by atoms with Crippen molar-refractivity contribution in [2.45, 2.75) is 26.2 Å². The molecule has 0 atom stereocenters. The minimum absolute atomic E-state index is 0.00729. The number of benzene rings is 1. The van der Waals surface area contributed by atoms with Gasteiger partial charge in [-0.05, 0) is 56.5 Å². The van der Waals surface area contributed by atoms with Gasteiger partial charge >= 0.3 is 0 Å². The highest BCUT2D eigenvalue weighted by molar-refractivity contribution is 6.06. The van der Waals surface area contributed by atoms with Gasteiger partial charge in [0.2, 0.25) is 0 Å². The average molecular weight is 338 g/mol. The molecule has 25 heavy (non-hydrogen) atoms. The smallest absolute Gasteiger partial charge is 0.259 e. The van der Waals surface area contributed by atoms with Crippen LogP contribution in [0.4, 0.5) is 5.82 Å². The van der Waals surface area contributed by atoms with E-state index in [0.29, 0.717) is 16.9 Å². The highest BCUT2D eigenvalue weighted by Gasteiger charge is 2.20. The summed E-state index contributed by atoms with van der Waals surface area (Å²) in [6, 6.07) is 10.5. The van der Waals surface area contributed by atoms with Crippen LogP contribution in [0.5, 0.6) is 0 Å². The summed E-state index contributed by atoms with van der Waals surface area (Å²) in [6.45, 7) is 3.42. The number of likely N-dealkylation sites (tertiary alicyclic amines) is 1. The summed E-state index contributed by atoms with van der Waals surface area (Å²) in [5.41, 5.74) is 1.81. The van der Waals surface area contributed by atoms with Crippen LogP contribution >= 0.6 is 0 Å². The first-order valence-corrected chi connectivity index (χ1v) is 8.54. The van der Waals surface area contributed by atoms with Gasteiger partial charge in [0.1, 0.15) is 0 Å². The van der Waals surface area contributed by atoms with Crippen LogP contribution in [-0.4, -0.2) is 47.0 Å². The summed E-state index contributed by atoms with van der Waals surface area (Å²) in [5, 5.41) is 8.01. The SMILES string of the molecule is Cc1ccc(N(C)C(=O)c2cccc(C(=O)N3CCCCC3)c2)nn1. The highest BCUT2D eigenvalue weighted by atomic mass is 16.2. The third kappa shape index (κ3) is 3.84. The fraction of sp³-hybridized carbons (Fsp3) is 0.368. The van der Waals surface area contributed by atoms with Crippen molar-refractivity contribution in [3.63, 3.8) is 0 Å². The minimum Gasteiger partial charge on any atom is -0.339 e. The molecule has 2 aromatic rings. The Morgan fingerprint density at radius 2 is 1.72 bits per heavy atom. The van der Waals surface area contributed by atoms with Gasteiger partial charge in [-0.2, -0.15) is 5.10 Å². The maximum absolute atomic E-state index is 12.7. The summed E-state index contributed by atoms with van der Waals surface area (Å²) in [5.74, 6) is 0.252. The van der Waals surface area contributed by atoms with Gasteiger partial charge in [0.05, 0.1) is 5.69 Å². The number of piperidine rings is 1. The van der Waals surface area contributed by atoms with Crippen molar-refractivity contribution in [3.05, 3.63) is 53.2 Å². The topological polar surface area (TPSA) is 66.4 Å². The summed E-state index contributed by atoms with van der Waals surface area (Å²) >= 11 is 0. The molecular formula is C19H22N4O2. The van der Waals surface area contributed by atoms with Crippen LogP contribution < -0.4 is 4.90 Å². The molecule has 1 fully saturated rings. The monoisotopic (exact) mass is 338 g/mol. The van der Waals surface area contributed by atoms with Gasteiger partial charge in [-0.3, -0.25) is 14.5 Å². The molecule has 0 bridgehead atoms. The summed E-state index contributed by atoms with van der Waals surface area (Å²) < 4.78 is 0. The van der Waals surface area contributed by atoms with Gasteiger partial charge in [-0.25, -0.2) is 0 Å². The maximum atomic E-state index is 12.7. The predicted molar refractivity (Wildman–Crippen MR) is 95.7 cm³/mol. The fourth-order valence-corrected chi connectivity index (χ4v) is 2.93. The molecule has 1 saturated heterocycles. The number of aryl methyl sites for hydroxylation is 1. The van der Waals surface area contributed by atoms with E-state index in [1.165, 1.54) is 11.3 Å². The Hall–Kier alpha value is -2.76. The van der Waals surface area contributed by atoms with E-state index in [0.717, 1.165) is 31.6 Å². The molecule has 0 N–H and O–H groups in total. The second kappa shape index (κ2) is 7.42. The van der Waals surface area contributed by atoms with E-state index in [4.69, 9.17) is 0 Å². The lowest BCUT2D eigenvalue weighted by Gasteiger charge is -2.27. The molecule has 6 heteroatoms. The molecule has 0 saturated carbocycles. The van der Waals surface area contributed by atoms with E-state index in [-0.39, 0.29) is 11.8 Å². The van der Waals surface area contributed by atoms with Crippen LogP contribution in [0.15, 0.2) is 36.4 Å². The van der Waals surface area contributed by atoms with E-state index < -0.39 is 0 Å².